The van der Waals surface area contributed by atoms with Gasteiger partial charge in [0.25, 0.3) is 0 Å². The fourth-order valence-electron chi connectivity index (χ4n) is 13.7. The molecule has 0 aromatic heterocycles. The van der Waals surface area contributed by atoms with Crippen LogP contribution in [0.2, 0.25) is 0 Å². The molecule has 0 saturated carbocycles. The van der Waals surface area contributed by atoms with E-state index in [1.54, 1.807) is 0 Å². The summed E-state index contributed by atoms with van der Waals surface area (Å²) in [6, 6.07) is 0. The first-order chi connectivity index (χ1) is 62.2. The van der Waals surface area contributed by atoms with Crippen molar-refractivity contribution in [3.05, 3.63) is 194 Å². The molecule has 0 fully saturated rings. The van der Waals surface area contributed by atoms with Gasteiger partial charge >= 0.3 is 33.6 Å². The van der Waals surface area contributed by atoms with Crippen LogP contribution in [0, 0.1) is 0 Å². The van der Waals surface area contributed by atoms with Crippen molar-refractivity contribution in [2.45, 2.75) is 437 Å². The topological polar surface area (TPSA) is 231 Å². The Bertz CT molecular complexity index is 3090. The SMILES string of the molecule is CC/C=C\C/C=C\C/C=C\C/C=C\C/C=C\C/C=C\CCCCCCCCCCCCCCCCC(=O)OCC(O)COP(=O)(O)OCC(O)COP(=O)(O)OCC(COC(=O)CCCCCCCCCCCCCCCC/C=C\C/C=C\C/C=C\C/C=C\C/C=C\C/C=C\CC)OC(=O)CCCCCCCCCCC/C=C\C/C=C\C/C=C\C/C=C\CCCCC. The van der Waals surface area contributed by atoms with Crippen LogP contribution in [0.1, 0.15) is 419 Å². The van der Waals surface area contributed by atoms with Gasteiger partial charge in [-0.15, -0.1) is 0 Å². The molecular weight excluding hydrogens is 1630 g/mol. The molecule has 0 bridgehead atoms. The zero-order valence-electron chi connectivity index (χ0n) is 80.4. The summed E-state index contributed by atoms with van der Waals surface area (Å²) in [5.74, 6) is -1.57. The minimum Gasteiger partial charge on any atom is -0.463 e. The number of aliphatic hydroxyl groups excluding tert-OH is 2. The molecule has 16 nitrogen and oxygen atoms in total. The third kappa shape index (κ3) is 101. The number of allylic oxidation sites excluding steroid dienone is 32. The first-order valence-corrected chi connectivity index (χ1v) is 53.7. The van der Waals surface area contributed by atoms with Crippen LogP contribution < -0.4 is 0 Å². The highest BCUT2D eigenvalue weighted by atomic mass is 31.2. The molecule has 5 unspecified atom stereocenters. The molecule has 0 aromatic carbocycles. The second-order valence-corrected chi connectivity index (χ2v) is 36.4. The first-order valence-electron chi connectivity index (χ1n) is 50.7. The zero-order chi connectivity index (χ0) is 92.1. The number of hydrogen-bond acceptors (Lipinski definition) is 14. The van der Waals surface area contributed by atoms with E-state index in [-0.39, 0.29) is 19.3 Å². The van der Waals surface area contributed by atoms with Crippen LogP contribution in [-0.2, 0) is 55.8 Å². The van der Waals surface area contributed by atoms with Crippen molar-refractivity contribution in [2.75, 3.05) is 39.6 Å². The van der Waals surface area contributed by atoms with Gasteiger partial charge < -0.3 is 34.2 Å². The number of ether oxygens (including phenoxy) is 3. The number of carbonyl (C=O) groups is 3. The molecule has 0 aliphatic rings. The van der Waals surface area contributed by atoms with Crippen molar-refractivity contribution >= 4 is 33.6 Å². The summed E-state index contributed by atoms with van der Waals surface area (Å²) >= 11 is 0. The summed E-state index contributed by atoms with van der Waals surface area (Å²) in [5.41, 5.74) is 0. The van der Waals surface area contributed by atoms with E-state index in [9.17, 15) is 43.5 Å². The van der Waals surface area contributed by atoms with Gasteiger partial charge in [0.2, 0.25) is 0 Å². The normalized spacial score (nSPS) is 14.5. The predicted octanol–water partition coefficient (Wildman–Crippen LogP) is 32.1. The lowest BCUT2D eigenvalue weighted by Gasteiger charge is -2.21. The number of carbonyl (C=O) groups excluding carboxylic acids is 3. The Kier molecular flexibility index (Phi) is 95.0. The van der Waals surface area contributed by atoms with E-state index >= 15 is 0 Å². The van der Waals surface area contributed by atoms with Crippen LogP contribution in [0.4, 0.5) is 0 Å². The number of rotatable bonds is 95. The van der Waals surface area contributed by atoms with Gasteiger partial charge in [-0.2, -0.15) is 0 Å². The fraction of sp³-hybridized carbons (Fsp3) is 0.679. The van der Waals surface area contributed by atoms with Crippen molar-refractivity contribution < 1.29 is 75.8 Å². The van der Waals surface area contributed by atoms with Gasteiger partial charge in [0, 0.05) is 19.3 Å². The van der Waals surface area contributed by atoms with E-state index in [4.69, 9.17) is 32.3 Å². The van der Waals surface area contributed by atoms with Crippen molar-refractivity contribution in [1.29, 1.82) is 0 Å². The second kappa shape index (κ2) is 99.4. The standard InChI is InChI=1S/C109H184O16P2/c1-4-7-10-13-16-19-22-25-28-31-34-37-40-43-45-47-49-51-53-55-57-60-62-65-68-71-74-77-80-83-86-89-92-95-107(112)119-98-104(110)99-121-126(115,116)122-100-105(111)101-123-127(117,118)124-103-106(125-109(114)97-94-91-88-85-82-79-76-73-70-67-64-59-42-39-36-33-30-27-24-21-18-15-12-9-6-3)102-120-108(113)96-93-90-87-84-81-78-75-72-69-66-63-61-58-56-54-52-50-48-46-44-41-38-35-32-29-26-23-20-17-14-11-8-5-2/h7-8,10-11,16-21,25-30,34-39,43-46,49-52,59,64,104-106,110-111H,4-6,9,12-15,22-24,31-33,40-42,47-48,53-58,60-63,65-103H2,1-3H3,(H,115,116)(H,117,118)/b10-7-,11-8-,19-16-,20-17-,21-18-,28-25-,29-26-,30-27-,37-34-,38-35-,39-36-,45-43-,46-44-,51-49-,52-50-,64-59-. The lowest BCUT2D eigenvalue weighted by molar-refractivity contribution is -0.161. The van der Waals surface area contributed by atoms with E-state index in [0.29, 0.717) is 19.3 Å². The van der Waals surface area contributed by atoms with Gasteiger partial charge in [-0.25, -0.2) is 9.13 Å². The highest BCUT2D eigenvalue weighted by Gasteiger charge is 2.30. The Morgan fingerprint density at radius 2 is 0.417 bits per heavy atom. The Balaban J connectivity index is 4.62. The molecule has 0 spiro atoms. The maximum absolute atomic E-state index is 13.1. The van der Waals surface area contributed by atoms with Gasteiger partial charge in [-0.3, -0.25) is 32.5 Å². The molecule has 5 atom stereocenters. The highest BCUT2D eigenvalue weighted by Crippen LogP contribution is 2.45. The number of esters is 3. The fourth-order valence-corrected chi connectivity index (χ4v) is 15.3. The third-order valence-corrected chi connectivity index (χ3v) is 23.2. The van der Waals surface area contributed by atoms with Crippen LogP contribution in [0.3, 0.4) is 0 Å². The first kappa shape index (κ1) is 121. The number of phosphoric ester groups is 2. The number of aliphatic hydroxyl groups is 2. The van der Waals surface area contributed by atoms with Crippen LogP contribution in [0.25, 0.3) is 0 Å². The maximum atomic E-state index is 13.1. The smallest absolute Gasteiger partial charge is 0.463 e. The molecule has 18 heteroatoms. The Hall–Kier alpha value is -5.61. The average molecular weight is 1810 g/mol. The van der Waals surface area contributed by atoms with E-state index in [1.165, 1.54) is 173 Å². The largest absolute Gasteiger partial charge is 0.472 e. The predicted molar refractivity (Wildman–Crippen MR) is 537 cm³/mol. The van der Waals surface area contributed by atoms with E-state index in [2.05, 4.69) is 215 Å². The molecule has 4 N–H and O–H groups in total. The molecule has 0 aliphatic carbocycles. The summed E-state index contributed by atoms with van der Waals surface area (Å²) < 4.78 is 61.7. The summed E-state index contributed by atoms with van der Waals surface area (Å²) in [4.78, 5) is 59.2. The summed E-state index contributed by atoms with van der Waals surface area (Å²) in [6.07, 6.45) is 133. The number of hydrogen-bond donors (Lipinski definition) is 4. The molecule has 0 heterocycles. The molecule has 0 aliphatic heterocycles. The van der Waals surface area contributed by atoms with Gasteiger partial charge in [0.15, 0.2) is 6.10 Å². The van der Waals surface area contributed by atoms with Crippen molar-refractivity contribution in [3.8, 4) is 0 Å². The minimum absolute atomic E-state index is 0.0934. The van der Waals surface area contributed by atoms with Gasteiger partial charge in [0.05, 0.1) is 26.4 Å². The highest BCUT2D eigenvalue weighted by molar-refractivity contribution is 7.47. The number of unbranched alkanes of at least 4 members (excludes halogenated alkanes) is 40. The Morgan fingerprint density at radius 1 is 0.228 bits per heavy atom. The van der Waals surface area contributed by atoms with Crippen molar-refractivity contribution in [2.24, 2.45) is 0 Å². The minimum atomic E-state index is -4.95. The lowest BCUT2D eigenvalue weighted by atomic mass is 10.0. The molecule has 726 valence electrons. The van der Waals surface area contributed by atoms with E-state index in [1.807, 2.05) is 0 Å². The summed E-state index contributed by atoms with van der Waals surface area (Å²) in [6.45, 7) is 2.48. The second-order valence-electron chi connectivity index (χ2n) is 33.5. The third-order valence-electron chi connectivity index (χ3n) is 21.3. The molecule has 0 radical (unpaired) electrons. The van der Waals surface area contributed by atoms with Gasteiger partial charge in [-0.1, -0.05) is 427 Å². The van der Waals surface area contributed by atoms with Crippen molar-refractivity contribution in [1.82, 2.24) is 0 Å². The van der Waals surface area contributed by atoms with Crippen molar-refractivity contribution in [3.63, 3.8) is 0 Å². The average Bonchev–Trinajstić information content (AvgIpc) is 0.899. The molecule has 0 rings (SSSR count). The van der Waals surface area contributed by atoms with E-state index < -0.39 is 91.5 Å². The van der Waals surface area contributed by atoms with Crippen LogP contribution in [0.5, 0.6) is 0 Å². The van der Waals surface area contributed by atoms with E-state index in [0.717, 1.165) is 186 Å². The summed E-state index contributed by atoms with van der Waals surface area (Å²) in [5, 5.41) is 20.8. The van der Waals surface area contributed by atoms with Gasteiger partial charge in [0.1, 0.15) is 25.4 Å². The maximum Gasteiger partial charge on any atom is 0.472 e. The lowest BCUT2D eigenvalue weighted by Crippen LogP contribution is -2.30. The monoisotopic (exact) mass is 1810 g/mol. The number of phosphoric acid groups is 2. The molecule has 0 aromatic rings. The molecule has 127 heavy (non-hydrogen) atoms. The van der Waals surface area contributed by atoms with Crippen LogP contribution >= 0.6 is 15.6 Å². The quantitative estimate of drug-likeness (QED) is 0.0146. The Labute approximate surface area is 776 Å². The zero-order valence-corrected chi connectivity index (χ0v) is 82.2. The van der Waals surface area contributed by atoms with Gasteiger partial charge in [-0.05, 0) is 167 Å². The van der Waals surface area contributed by atoms with Crippen LogP contribution in [0.15, 0.2) is 194 Å². The van der Waals surface area contributed by atoms with Crippen LogP contribution in [-0.4, -0.2) is 95.9 Å². The molecular formula is C109H184O16P2. The summed E-state index contributed by atoms with van der Waals surface area (Å²) in [7, 11) is -9.82. The Morgan fingerprint density at radius 3 is 0.661 bits per heavy atom. The molecule has 0 saturated heterocycles. The molecule has 0 amide bonds.